The molecule has 0 saturated heterocycles. The molecule has 21 nitrogen and oxygen atoms in total. The predicted molar refractivity (Wildman–Crippen MR) is 364 cm³/mol. The van der Waals surface area contributed by atoms with Crippen molar-refractivity contribution in [3.05, 3.63) is 194 Å². The van der Waals surface area contributed by atoms with E-state index in [0.717, 1.165) is 38.5 Å². The molecule has 0 fully saturated rings. The van der Waals surface area contributed by atoms with Gasteiger partial charge in [-0.05, 0) is 244 Å². The first-order valence-electron chi connectivity index (χ1n) is 28.9. The Morgan fingerprint density at radius 2 is 0.604 bits per heavy atom. The summed E-state index contributed by atoms with van der Waals surface area (Å²) in [5.41, 5.74) is 36.4. The number of guanidine groups is 3. The van der Waals surface area contributed by atoms with Crippen molar-refractivity contribution in [2.45, 2.75) is 96.9 Å². The highest BCUT2D eigenvalue weighted by Gasteiger charge is 2.31. The molecular weight excluding hydrogens is 1250 g/mol. The minimum Gasteiger partial charge on any atom is -0.479 e. The number of hydrogen-bond donors (Lipinski definition) is 9. The van der Waals surface area contributed by atoms with Crippen molar-refractivity contribution in [1.82, 2.24) is 10.6 Å². The van der Waals surface area contributed by atoms with Crippen LogP contribution in [0.25, 0.3) is 0 Å². The average molecular weight is 1330 g/mol. The molecule has 25 heteroatoms. The summed E-state index contributed by atoms with van der Waals surface area (Å²) in [6.45, 7) is 13.4. The first-order chi connectivity index (χ1) is 42.9. The summed E-state index contributed by atoms with van der Waals surface area (Å²) in [5.74, 6) is 0.938. The molecule has 16 N–H and O–H groups in total. The van der Waals surface area contributed by atoms with Gasteiger partial charge in [-0.1, -0.05) is 34.8 Å². The van der Waals surface area contributed by atoms with Gasteiger partial charge < -0.3 is 65.0 Å². The molecule has 0 unspecified atom stereocenters. The summed E-state index contributed by atoms with van der Waals surface area (Å²) in [5, 5.41) is 6.83. The molecule has 0 aromatic heterocycles. The van der Waals surface area contributed by atoms with Crippen LogP contribution in [0.2, 0.25) is 15.1 Å². The van der Waals surface area contributed by atoms with E-state index in [2.05, 4.69) is 25.6 Å². The lowest BCUT2D eigenvalue weighted by molar-refractivity contribution is -0.134. The highest BCUT2D eigenvalue weighted by atomic mass is 35.5. The van der Waals surface area contributed by atoms with Crippen molar-refractivity contribution >= 4 is 98.7 Å². The van der Waals surface area contributed by atoms with Crippen LogP contribution >= 0.6 is 46.4 Å². The maximum Gasteiger partial charge on any atom is 0.264 e. The van der Waals surface area contributed by atoms with Gasteiger partial charge in [-0.2, -0.15) is 0 Å². The zero-order chi connectivity index (χ0) is 67.7. The molecule has 6 rings (SSSR count). The zero-order valence-corrected chi connectivity index (χ0v) is 54.9. The van der Waals surface area contributed by atoms with Gasteiger partial charge in [-0.25, -0.2) is 0 Å². The molecular formula is C66H82Cl4N12O9. The van der Waals surface area contributed by atoms with Crippen molar-refractivity contribution in [2.75, 3.05) is 39.3 Å². The molecule has 488 valence electrons. The third-order valence-electron chi connectivity index (χ3n) is 12.6. The van der Waals surface area contributed by atoms with Gasteiger partial charge in [0.15, 0.2) is 52.0 Å². The lowest BCUT2D eigenvalue weighted by Gasteiger charge is -2.25. The van der Waals surface area contributed by atoms with E-state index in [1.807, 2.05) is 0 Å². The fourth-order valence-corrected chi connectivity index (χ4v) is 7.94. The standard InChI is InChI=1S/2C22H27ClN4O3.C17H14Cl2O3.C5H14N4/c2*1-22(2,20(29)26-13-3-4-14-27-21(24)25)30-18-11-7-16(8-12-18)19(28)15-5-9-17(23)10-6-15;1-17(2,16(19)21)22-14-9-5-12(6-10-14)15(20)11-3-7-13(18)8-4-11;6-3-1-2-4-9-5(7)8/h2*5-12H,3-4,13-14H2,1-2H3,(H,26,29)(H4,24,25,27);3-10H,1-2H3;1-4,6H2,(H4,7,8,9). The van der Waals surface area contributed by atoms with Gasteiger partial charge in [0, 0.05) is 81.2 Å². The Labute approximate surface area is 551 Å². The Kier molecular flexibility index (Phi) is 32.6. The molecule has 2 amide bonds. The number of nitrogens with zero attached hydrogens (tertiary/aromatic N) is 3. The fourth-order valence-electron chi connectivity index (χ4n) is 7.53. The maximum atomic E-state index is 12.5. The molecule has 6 aromatic rings. The number of carbonyl (C=O) groups is 6. The van der Waals surface area contributed by atoms with Crippen molar-refractivity contribution in [2.24, 2.45) is 55.1 Å². The first-order valence-corrected chi connectivity index (χ1v) is 30.4. The minimum absolute atomic E-state index is 0.0643. The number of carbonyl (C=O) groups excluding carboxylic acids is 6. The molecule has 0 radical (unpaired) electrons. The van der Waals surface area contributed by atoms with Crippen molar-refractivity contribution < 1.29 is 43.0 Å². The quantitative estimate of drug-likeness (QED) is 0.00694. The van der Waals surface area contributed by atoms with Crippen molar-refractivity contribution in [3.63, 3.8) is 0 Å². The second kappa shape index (κ2) is 38.7. The molecule has 6 aromatic carbocycles. The Bertz CT molecular complexity index is 3220. The SMILES string of the molecule is CC(C)(Oc1ccc(C(=O)c2ccc(Cl)cc2)cc1)C(=O)Cl.CC(C)(Oc1ccc(C(=O)c2ccc(Cl)cc2)cc1)C(=O)NCCCCN=C(N)N.CC(C)(Oc1ccc(C(=O)c2ccc(Cl)cc2)cc1)C(=O)NCCCCN=C(N)N.NCCCCN=C(N)N. The Balaban J connectivity index is 0.000000336. The Hall–Kier alpha value is -8.73. The van der Waals surface area contributed by atoms with E-state index in [4.69, 9.17) is 101 Å². The zero-order valence-electron chi connectivity index (χ0n) is 51.9. The van der Waals surface area contributed by atoms with E-state index >= 15 is 0 Å². The molecule has 0 aliphatic carbocycles. The van der Waals surface area contributed by atoms with Gasteiger partial charge in [-0.3, -0.25) is 43.7 Å². The topological polar surface area (TPSA) is 373 Å². The number of nitrogens with one attached hydrogen (secondary N) is 2. The number of rotatable bonds is 29. The number of amides is 2. The van der Waals surface area contributed by atoms with Gasteiger partial charge in [0.05, 0.1) is 0 Å². The highest BCUT2D eigenvalue weighted by molar-refractivity contribution is 6.65. The van der Waals surface area contributed by atoms with Crippen LogP contribution in [-0.2, 0) is 14.4 Å². The molecule has 0 bridgehead atoms. The average Bonchev–Trinajstić information content (AvgIpc) is 1.34. The summed E-state index contributed by atoms with van der Waals surface area (Å²) in [6, 6.07) is 40.0. The van der Waals surface area contributed by atoms with Gasteiger partial charge in [0.1, 0.15) is 17.2 Å². The van der Waals surface area contributed by atoms with Crippen LogP contribution in [0.3, 0.4) is 0 Å². The van der Waals surface area contributed by atoms with E-state index in [-0.39, 0.29) is 47.0 Å². The van der Waals surface area contributed by atoms with Gasteiger partial charge >= 0.3 is 0 Å². The lowest BCUT2D eigenvalue weighted by atomic mass is 10.0. The van der Waals surface area contributed by atoms with E-state index in [0.29, 0.717) is 105 Å². The largest absolute Gasteiger partial charge is 0.479 e. The summed E-state index contributed by atoms with van der Waals surface area (Å²) in [7, 11) is 0. The fraction of sp³-hybridized carbons (Fsp3) is 0.318. The van der Waals surface area contributed by atoms with Crippen molar-refractivity contribution in [3.8, 4) is 17.2 Å². The second-order valence-electron chi connectivity index (χ2n) is 21.5. The van der Waals surface area contributed by atoms with Gasteiger partial charge in [0.2, 0.25) is 0 Å². The van der Waals surface area contributed by atoms with E-state index in [1.54, 1.807) is 187 Å². The van der Waals surface area contributed by atoms with E-state index < -0.39 is 22.0 Å². The van der Waals surface area contributed by atoms with Crippen LogP contribution in [-0.4, -0.2) is 108 Å². The third-order valence-corrected chi connectivity index (χ3v) is 13.8. The summed E-state index contributed by atoms with van der Waals surface area (Å²) in [4.78, 5) is 85.0. The smallest absolute Gasteiger partial charge is 0.264 e. The number of ketones is 3. The number of nitrogens with two attached hydrogens (primary N) is 7. The number of benzene rings is 6. The third kappa shape index (κ3) is 29.2. The summed E-state index contributed by atoms with van der Waals surface area (Å²) >= 11 is 23.0. The molecule has 0 spiro atoms. The van der Waals surface area contributed by atoms with Crippen LogP contribution in [0.15, 0.2) is 161 Å². The number of hydrogen-bond acceptors (Lipinski definition) is 13. The second-order valence-corrected chi connectivity index (χ2v) is 23.2. The molecule has 0 atom stereocenters. The van der Waals surface area contributed by atoms with Crippen LogP contribution < -0.4 is 65.0 Å². The number of halogens is 4. The van der Waals surface area contributed by atoms with Crippen LogP contribution in [0, 0.1) is 0 Å². The first kappa shape index (κ1) is 76.5. The van der Waals surface area contributed by atoms with Crippen LogP contribution in [0.4, 0.5) is 0 Å². The molecule has 0 heterocycles. The van der Waals surface area contributed by atoms with E-state index in [1.165, 1.54) is 0 Å². The maximum absolute atomic E-state index is 12.5. The normalized spacial score (nSPS) is 10.8. The van der Waals surface area contributed by atoms with Crippen LogP contribution in [0.1, 0.15) is 128 Å². The number of unbranched alkanes of at least 4 members (excludes halogenated alkanes) is 3. The summed E-state index contributed by atoms with van der Waals surface area (Å²) < 4.78 is 17.2. The molecule has 0 aliphatic heterocycles. The van der Waals surface area contributed by atoms with Gasteiger partial charge in [0.25, 0.3) is 17.1 Å². The van der Waals surface area contributed by atoms with Crippen LogP contribution in [0.5, 0.6) is 17.2 Å². The predicted octanol–water partition coefficient (Wildman–Crippen LogP) is 9.29. The summed E-state index contributed by atoms with van der Waals surface area (Å²) in [6.07, 6.45) is 4.98. The van der Waals surface area contributed by atoms with E-state index in [9.17, 15) is 28.8 Å². The number of aliphatic imine (C=N–C) groups is 3. The Morgan fingerprint density at radius 3 is 0.835 bits per heavy atom. The Morgan fingerprint density at radius 1 is 0.374 bits per heavy atom. The molecule has 0 saturated carbocycles. The number of ether oxygens (including phenoxy) is 3. The minimum atomic E-state index is -1.12. The monoisotopic (exact) mass is 1330 g/mol. The molecule has 91 heavy (non-hydrogen) atoms. The van der Waals surface area contributed by atoms with Crippen molar-refractivity contribution in [1.29, 1.82) is 0 Å². The van der Waals surface area contributed by atoms with Gasteiger partial charge in [-0.15, -0.1) is 0 Å². The lowest BCUT2D eigenvalue weighted by Crippen LogP contribution is -2.46. The molecule has 0 aliphatic rings. The highest BCUT2D eigenvalue weighted by Crippen LogP contribution is 2.25.